The fraction of sp³-hybridized carbons (Fsp3) is 0.625. The Labute approximate surface area is 212 Å². The molecule has 2 aromatic rings. The van der Waals surface area contributed by atoms with Gasteiger partial charge in [0.15, 0.2) is 5.82 Å². The Hall–Kier alpha value is -2.96. The van der Waals surface area contributed by atoms with E-state index in [1.54, 1.807) is 12.3 Å². The smallest absolute Gasteiger partial charge is 0.228 e. The third-order valence-corrected chi connectivity index (χ3v) is 5.33. The number of aromatic nitrogens is 4. The average Bonchev–Trinajstić information content (AvgIpc) is 2.84. The fourth-order valence-electron chi connectivity index (χ4n) is 3.73. The summed E-state index contributed by atoms with van der Waals surface area (Å²) in [6.07, 6.45) is 3.08. The third-order valence-electron chi connectivity index (χ3n) is 5.33. The van der Waals surface area contributed by atoms with Crippen LogP contribution in [-0.4, -0.2) is 90.5 Å². The second-order valence-corrected chi connectivity index (χ2v) is 9.66. The number of hydrogen-bond acceptors (Lipinski definition) is 11. The van der Waals surface area contributed by atoms with Gasteiger partial charge in [-0.3, -0.25) is 0 Å². The summed E-state index contributed by atoms with van der Waals surface area (Å²) in [4.78, 5) is 20.0. The van der Waals surface area contributed by atoms with Gasteiger partial charge in [0, 0.05) is 44.5 Å². The molecule has 1 aliphatic rings. The molecule has 0 saturated carbocycles. The first-order chi connectivity index (χ1) is 17.3. The minimum absolute atomic E-state index is 0.0354. The lowest BCUT2D eigenvalue weighted by Gasteiger charge is -2.39. The van der Waals surface area contributed by atoms with Crippen LogP contribution in [0.1, 0.15) is 33.4 Å². The van der Waals surface area contributed by atoms with Crippen molar-refractivity contribution in [3.8, 4) is 0 Å². The molecule has 0 radical (unpaired) electrons. The van der Waals surface area contributed by atoms with Crippen molar-refractivity contribution < 1.29 is 13.9 Å². The van der Waals surface area contributed by atoms with E-state index in [0.29, 0.717) is 61.2 Å². The van der Waals surface area contributed by atoms with Gasteiger partial charge in [-0.1, -0.05) is 13.8 Å². The topological polar surface area (TPSA) is 133 Å². The van der Waals surface area contributed by atoms with Crippen LogP contribution in [-0.2, 0) is 9.47 Å². The van der Waals surface area contributed by atoms with Gasteiger partial charge in [-0.05, 0) is 25.8 Å². The first kappa shape index (κ1) is 27.6. The van der Waals surface area contributed by atoms with Crippen LogP contribution in [0.4, 0.5) is 27.7 Å². The number of ether oxygens (including phenoxy) is 2. The monoisotopic (exact) mass is 503 g/mol. The zero-order chi connectivity index (χ0) is 26.0. The van der Waals surface area contributed by atoms with Gasteiger partial charge in [0.05, 0.1) is 25.5 Å². The Morgan fingerprint density at radius 3 is 2.81 bits per heavy atom. The van der Waals surface area contributed by atoms with E-state index < -0.39 is 6.67 Å². The summed E-state index contributed by atoms with van der Waals surface area (Å²) in [5.41, 5.74) is 1.09. The van der Waals surface area contributed by atoms with Gasteiger partial charge >= 0.3 is 0 Å². The van der Waals surface area contributed by atoms with E-state index in [4.69, 9.17) is 24.9 Å². The number of nitrogens with one attached hydrogen (secondary N) is 4. The number of alkyl halides is 1. The van der Waals surface area contributed by atoms with E-state index in [9.17, 15) is 4.39 Å². The highest BCUT2D eigenvalue weighted by atomic mass is 19.1. The SMILES string of the molecule is CC(C)COCC(=N)c1nc(N2CCNC(C)(C)C2)nc(Nc2ccncn2)c1NCCOCCF. The molecule has 0 amide bonds. The first-order valence-corrected chi connectivity index (χ1v) is 12.3. The van der Waals surface area contributed by atoms with Crippen molar-refractivity contribution >= 4 is 29.0 Å². The molecule has 4 N–H and O–H groups in total. The zero-order valence-corrected chi connectivity index (χ0v) is 21.6. The van der Waals surface area contributed by atoms with Crippen LogP contribution in [0.5, 0.6) is 0 Å². The van der Waals surface area contributed by atoms with Crippen LogP contribution in [0.2, 0.25) is 0 Å². The molecule has 3 heterocycles. The number of nitrogens with zero attached hydrogens (tertiary/aromatic N) is 5. The maximum absolute atomic E-state index is 12.4. The Morgan fingerprint density at radius 2 is 2.11 bits per heavy atom. The Kier molecular flexibility index (Phi) is 10.3. The molecule has 11 nitrogen and oxygen atoms in total. The molecule has 36 heavy (non-hydrogen) atoms. The molecule has 0 aromatic carbocycles. The van der Waals surface area contributed by atoms with E-state index in [-0.39, 0.29) is 24.5 Å². The molecule has 1 aliphatic heterocycles. The largest absolute Gasteiger partial charge is 0.378 e. The highest BCUT2D eigenvalue weighted by Gasteiger charge is 2.29. The van der Waals surface area contributed by atoms with Crippen molar-refractivity contribution in [2.45, 2.75) is 33.2 Å². The van der Waals surface area contributed by atoms with Crippen molar-refractivity contribution in [2.24, 2.45) is 5.92 Å². The number of hydrogen-bond donors (Lipinski definition) is 4. The molecule has 3 rings (SSSR count). The van der Waals surface area contributed by atoms with Gasteiger partial charge in [-0.2, -0.15) is 4.98 Å². The van der Waals surface area contributed by atoms with E-state index in [2.05, 4.69) is 58.5 Å². The molecule has 1 fully saturated rings. The van der Waals surface area contributed by atoms with Crippen LogP contribution in [0.25, 0.3) is 0 Å². The normalized spacial score (nSPS) is 15.2. The summed E-state index contributed by atoms with van der Waals surface area (Å²) >= 11 is 0. The predicted molar refractivity (Wildman–Crippen MR) is 139 cm³/mol. The molecule has 0 aliphatic carbocycles. The average molecular weight is 504 g/mol. The summed E-state index contributed by atoms with van der Waals surface area (Å²) in [7, 11) is 0. The Morgan fingerprint density at radius 1 is 1.28 bits per heavy atom. The maximum atomic E-state index is 12.4. The quantitative estimate of drug-likeness (QED) is 0.225. The minimum atomic E-state index is -0.539. The minimum Gasteiger partial charge on any atom is -0.378 e. The molecule has 2 aromatic heterocycles. The second-order valence-electron chi connectivity index (χ2n) is 9.66. The van der Waals surface area contributed by atoms with Crippen molar-refractivity contribution in [3.63, 3.8) is 0 Å². The Bertz CT molecular complexity index is 976. The molecular formula is C24H38FN9O2. The van der Waals surface area contributed by atoms with Crippen LogP contribution in [0, 0.1) is 11.3 Å². The molecule has 1 saturated heterocycles. The van der Waals surface area contributed by atoms with Crippen molar-refractivity contribution in [1.82, 2.24) is 25.3 Å². The summed E-state index contributed by atoms with van der Waals surface area (Å²) in [6.45, 7) is 11.5. The van der Waals surface area contributed by atoms with Gasteiger partial charge in [-0.15, -0.1) is 0 Å². The summed E-state index contributed by atoms with van der Waals surface area (Å²) < 4.78 is 23.5. The highest BCUT2D eigenvalue weighted by Crippen LogP contribution is 2.30. The van der Waals surface area contributed by atoms with Crippen LogP contribution in [0.3, 0.4) is 0 Å². The van der Waals surface area contributed by atoms with Crippen LogP contribution < -0.4 is 20.9 Å². The molecule has 0 bridgehead atoms. The van der Waals surface area contributed by atoms with Gasteiger partial charge in [-0.25, -0.2) is 19.3 Å². The summed E-state index contributed by atoms with van der Waals surface area (Å²) in [5.74, 6) is 1.90. The second kappa shape index (κ2) is 13.4. The fourth-order valence-corrected chi connectivity index (χ4v) is 3.73. The zero-order valence-electron chi connectivity index (χ0n) is 21.6. The van der Waals surface area contributed by atoms with Crippen LogP contribution in [0.15, 0.2) is 18.6 Å². The van der Waals surface area contributed by atoms with Gasteiger partial charge in [0.25, 0.3) is 0 Å². The first-order valence-electron chi connectivity index (χ1n) is 12.3. The highest BCUT2D eigenvalue weighted by molar-refractivity contribution is 6.04. The van der Waals surface area contributed by atoms with E-state index in [1.165, 1.54) is 6.33 Å². The number of rotatable bonds is 14. The maximum Gasteiger partial charge on any atom is 0.228 e. The molecule has 0 unspecified atom stereocenters. The molecule has 12 heteroatoms. The van der Waals surface area contributed by atoms with E-state index in [1.807, 2.05) is 0 Å². The number of halogens is 1. The predicted octanol–water partition coefficient (Wildman–Crippen LogP) is 2.64. The standard InChI is InChI=1S/C24H38FN9O2/c1-17(2)13-36-14-18(26)20-21(28-9-12-35-11-6-25)22(31-19-5-7-27-16-29-19)33-23(32-20)34-10-8-30-24(3,4)15-34/h5,7,16-17,26,28,30H,6,8-15H2,1-4H3,(H,27,29,31,32,33). The van der Waals surface area contributed by atoms with Crippen molar-refractivity contribution in [1.29, 1.82) is 5.41 Å². The van der Waals surface area contributed by atoms with Crippen molar-refractivity contribution in [2.75, 3.05) is 74.8 Å². The van der Waals surface area contributed by atoms with Gasteiger partial charge < -0.3 is 35.7 Å². The number of piperazine rings is 1. The van der Waals surface area contributed by atoms with Crippen molar-refractivity contribution in [3.05, 3.63) is 24.3 Å². The molecule has 0 atom stereocenters. The Balaban J connectivity index is 1.98. The van der Waals surface area contributed by atoms with E-state index >= 15 is 0 Å². The lowest BCUT2D eigenvalue weighted by atomic mass is 10.0. The summed E-state index contributed by atoms with van der Waals surface area (Å²) in [6, 6.07) is 1.74. The van der Waals surface area contributed by atoms with E-state index in [0.717, 1.165) is 13.1 Å². The molecular weight excluding hydrogens is 465 g/mol. The molecule has 198 valence electrons. The van der Waals surface area contributed by atoms with Gasteiger partial charge in [0.2, 0.25) is 5.95 Å². The van der Waals surface area contributed by atoms with Crippen LogP contribution >= 0.6 is 0 Å². The summed E-state index contributed by atoms with van der Waals surface area (Å²) in [5, 5.41) is 18.8. The molecule has 0 spiro atoms. The lowest BCUT2D eigenvalue weighted by molar-refractivity contribution is 0.128. The third kappa shape index (κ3) is 8.32. The number of anilines is 4. The van der Waals surface area contributed by atoms with Gasteiger partial charge in [0.1, 0.15) is 30.2 Å². The lowest BCUT2D eigenvalue weighted by Crippen LogP contribution is -2.57.